The monoisotopic (exact) mass is 429 g/mol. The Labute approximate surface area is 185 Å². The van der Waals surface area contributed by atoms with Gasteiger partial charge >= 0.3 is 0 Å². The number of nitrogens with zero attached hydrogens (tertiary/aromatic N) is 3. The maximum Gasteiger partial charge on any atom is 0.272 e. The van der Waals surface area contributed by atoms with E-state index < -0.39 is 0 Å². The van der Waals surface area contributed by atoms with Gasteiger partial charge in [0, 0.05) is 29.0 Å². The molecule has 0 bridgehead atoms. The van der Waals surface area contributed by atoms with Gasteiger partial charge in [-0.05, 0) is 63.8 Å². The average molecular weight is 430 g/mol. The highest BCUT2D eigenvalue weighted by atomic mass is 16.1. The molecular weight excluding hydrogens is 402 g/mol. The summed E-state index contributed by atoms with van der Waals surface area (Å²) in [5.41, 5.74) is 3.32. The van der Waals surface area contributed by atoms with Crippen LogP contribution in [0.5, 0.6) is 0 Å². The fraction of sp³-hybridized carbons (Fsp3) is 0.360. The molecule has 32 heavy (non-hydrogen) atoms. The zero-order chi connectivity index (χ0) is 22.2. The molecule has 4 aromatic rings. The molecular formula is C25H27N5O2. The number of amides is 1. The SMILES string of the molecule is CC(C)n1cnc2cc(C(=O)NC3CCC(c4n[nH]c(=O)c5ccccc45)CC3)ccc21. The normalized spacial score (nSPS) is 19.0. The first-order chi connectivity index (χ1) is 15.5. The lowest BCUT2D eigenvalue weighted by atomic mass is 9.82. The van der Waals surface area contributed by atoms with Crippen molar-refractivity contribution in [3.63, 3.8) is 0 Å². The zero-order valence-electron chi connectivity index (χ0n) is 18.3. The molecule has 2 aromatic carbocycles. The number of hydrogen-bond donors (Lipinski definition) is 2. The van der Waals surface area contributed by atoms with Crippen molar-refractivity contribution in [2.45, 2.75) is 57.5 Å². The zero-order valence-corrected chi connectivity index (χ0v) is 18.3. The van der Waals surface area contributed by atoms with Crippen LogP contribution in [0.25, 0.3) is 21.8 Å². The summed E-state index contributed by atoms with van der Waals surface area (Å²) >= 11 is 0. The highest BCUT2D eigenvalue weighted by molar-refractivity contribution is 5.97. The smallest absolute Gasteiger partial charge is 0.272 e. The number of aromatic amines is 1. The number of carbonyl (C=O) groups is 1. The van der Waals surface area contributed by atoms with Crippen molar-refractivity contribution in [3.8, 4) is 0 Å². The summed E-state index contributed by atoms with van der Waals surface area (Å²) in [5.74, 6) is 0.225. The molecule has 0 radical (unpaired) electrons. The molecule has 2 heterocycles. The molecule has 5 rings (SSSR count). The number of aromatic nitrogens is 4. The Balaban J connectivity index is 1.26. The summed E-state index contributed by atoms with van der Waals surface area (Å²) in [7, 11) is 0. The molecule has 0 aliphatic heterocycles. The van der Waals surface area contributed by atoms with Gasteiger partial charge < -0.3 is 9.88 Å². The van der Waals surface area contributed by atoms with Crippen molar-refractivity contribution in [3.05, 3.63) is 70.4 Å². The summed E-state index contributed by atoms with van der Waals surface area (Å²) in [5, 5.41) is 11.8. The number of imidazole rings is 1. The van der Waals surface area contributed by atoms with Crippen LogP contribution in [0.4, 0.5) is 0 Å². The molecule has 0 unspecified atom stereocenters. The largest absolute Gasteiger partial charge is 0.349 e. The van der Waals surface area contributed by atoms with Crippen molar-refractivity contribution in [1.29, 1.82) is 0 Å². The van der Waals surface area contributed by atoms with E-state index in [2.05, 4.69) is 38.9 Å². The van der Waals surface area contributed by atoms with Gasteiger partial charge in [0.25, 0.3) is 11.5 Å². The number of hydrogen-bond acceptors (Lipinski definition) is 4. The first kappa shape index (κ1) is 20.4. The second-order valence-corrected chi connectivity index (χ2v) is 8.95. The molecule has 1 aliphatic rings. The Morgan fingerprint density at radius 2 is 1.84 bits per heavy atom. The summed E-state index contributed by atoms with van der Waals surface area (Å²) in [6, 6.07) is 13.8. The lowest BCUT2D eigenvalue weighted by Gasteiger charge is -2.29. The molecule has 1 aliphatic carbocycles. The summed E-state index contributed by atoms with van der Waals surface area (Å²) in [4.78, 5) is 29.4. The Kier molecular flexibility index (Phi) is 5.25. The van der Waals surface area contributed by atoms with Crippen LogP contribution in [-0.2, 0) is 0 Å². The molecule has 0 saturated heterocycles. The van der Waals surface area contributed by atoms with Crippen molar-refractivity contribution >= 4 is 27.7 Å². The van der Waals surface area contributed by atoms with E-state index in [4.69, 9.17) is 0 Å². The number of H-pyrrole nitrogens is 1. The third kappa shape index (κ3) is 3.68. The van der Waals surface area contributed by atoms with Crippen LogP contribution in [0.15, 0.2) is 53.6 Å². The third-order valence-electron chi connectivity index (χ3n) is 6.57. The topological polar surface area (TPSA) is 92.7 Å². The highest BCUT2D eigenvalue weighted by Crippen LogP contribution is 2.34. The standard InChI is InChI=1S/C25H27N5O2/c1-15(2)30-14-26-21-13-17(9-12-22(21)30)24(31)27-18-10-7-16(8-11-18)23-19-5-3-4-6-20(19)25(32)29-28-23/h3-6,9,12-16,18H,7-8,10-11H2,1-2H3,(H,27,31)(H,29,32). The molecule has 0 spiro atoms. The van der Waals surface area contributed by atoms with E-state index in [1.165, 1.54) is 0 Å². The van der Waals surface area contributed by atoms with Crippen LogP contribution in [0.3, 0.4) is 0 Å². The first-order valence-electron chi connectivity index (χ1n) is 11.3. The number of fused-ring (bicyclic) bond motifs is 2. The van der Waals surface area contributed by atoms with Gasteiger partial charge in [-0.15, -0.1) is 0 Å². The van der Waals surface area contributed by atoms with E-state index in [1.807, 2.05) is 48.8 Å². The van der Waals surface area contributed by atoms with Gasteiger partial charge in [-0.2, -0.15) is 5.10 Å². The van der Waals surface area contributed by atoms with Gasteiger partial charge in [0.05, 0.1) is 28.4 Å². The molecule has 7 nitrogen and oxygen atoms in total. The van der Waals surface area contributed by atoms with Crippen LogP contribution in [0, 0.1) is 0 Å². The van der Waals surface area contributed by atoms with Gasteiger partial charge in [0.2, 0.25) is 0 Å². The summed E-state index contributed by atoms with van der Waals surface area (Å²) in [6.07, 6.45) is 5.44. The van der Waals surface area contributed by atoms with Crippen LogP contribution in [0.1, 0.15) is 67.5 Å². The Morgan fingerprint density at radius 1 is 1.09 bits per heavy atom. The van der Waals surface area contributed by atoms with Gasteiger partial charge in [-0.3, -0.25) is 9.59 Å². The third-order valence-corrected chi connectivity index (χ3v) is 6.57. The maximum absolute atomic E-state index is 12.9. The van der Waals surface area contributed by atoms with Crippen molar-refractivity contribution in [1.82, 2.24) is 25.1 Å². The lowest BCUT2D eigenvalue weighted by Crippen LogP contribution is -2.37. The maximum atomic E-state index is 12.9. The molecule has 164 valence electrons. The second-order valence-electron chi connectivity index (χ2n) is 8.95. The van der Waals surface area contributed by atoms with Gasteiger partial charge in [-0.1, -0.05) is 18.2 Å². The van der Waals surface area contributed by atoms with Crippen LogP contribution in [-0.4, -0.2) is 31.7 Å². The predicted molar refractivity (Wildman–Crippen MR) is 125 cm³/mol. The fourth-order valence-electron chi connectivity index (χ4n) is 4.81. The van der Waals surface area contributed by atoms with Crippen LogP contribution in [0.2, 0.25) is 0 Å². The number of benzene rings is 2. The van der Waals surface area contributed by atoms with Crippen molar-refractivity contribution in [2.75, 3.05) is 0 Å². The minimum Gasteiger partial charge on any atom is -0.349 e. The van der Waals surface area contributed by atoms with E-state index in [0.717, 1.165) is 47.8 Å². The van der Waals surface area contributed by atoms with Crippen LogP contribution >= 0.6 is 0 Å². The quantitative estimate of drug-likeness (QED) is 0.506. The molecule has 1 saturated carbocycles. The lowest BCUT2D eigenvalue weighted by molar-refractivity contribution is 0.0926. The van der Waals surface area contributed by atoms with Gasteiger partial charge in [-0.25, -0.2) is 10.1 Å². The van der Waals surface area contributed by atoms with E-state index in [1.54, 1.807) is 0 Å². The van der Waals surface area contributed by atoms with E-state index >= 15 is 0 Å². The molecule has 7 heteroatoms. The number of nitrogens with one attached hydrogen (secondary N) is 2. The Morgan fingerprint density at radius 3 is 2.59 bits per heavy atom. The number of carbonyl (C=O) groups excluding carboxylic acids is 1. The average Bonchev–Trinajstić information content (AvgIpc) is 3.24. The molecule has 1 fully saturated rings. The highest BCUT2D eigenvalue weighted by Gasteiger charge is 2.26. The van der Waals surface area contributed by atoms with E-state index in [0.29, 0.717) is 17.0 Å². The Bertz CT molecular complexity index is 1350. The van der Waals surface area contributed by atoms with E-state index in [9.17, 15) is 9.59 Å². The second kappa shape index (κ2) is 8.22. The molecule has 2 N–H and O–H groups in total. The van der Waals surface area contributed by atoms with Gasteiger partial charge in [0.1, 0.15) is 0 Å². The summed E-state index contributed by atoms with van der Waals surface area (Å²) in [6.45, 7) is 4.23. The van der Waals surface area contributed by atoms with Crippen molar-refractivity contribution in [2.24, 2.45) is 0 Å². The molecule has 1 amide bonds. The Hall–Kier alpha value is -3.48. The summed E-state index contributed by atoms with van der Waals surface area (Å²) < 4.78 is 2.10. The first-order valence-corrected chi connectivity index (χ1v) is 11.3. The van der Waals surface area contributed by atoms with Gasteiger partial charge in [0.15, 0.2) is 0 Å². The molecule has 2 aromatic heterocycles. The van der Waals surface area contributed by atoms with Crippen molar-refractivity contribution < 1.29 is 4.79 Å². The minimum atomic E-state index is -0.152. The van der Waals surface area contributed by atoms with E-state index in [-0.39, 0.29) is 23.4 Å². The van der Waals surface area contributed by atoms with Crippen LogP contribution < -0.4 is 10.9 Å². The predicted octanol–water partition coefficient (Wildman–Crippen LogP) is 4.31. The number of rotatable bonds is 4. The minimum absolute atomic E-state index is 0.0536. The molecule has 0 atom stereocenters. The fourth-order valence-corrected chi connectivity index (χ4v) is 4.81.